The molecule has 2 heterocycles. The molecule has 4 heteroatoms. The highest BCUT2D eigenvalue weighted by molar-refractivity contribution is 7.07. The molecule has 0 saturated heterocycles. The molecule has 68 valence electrons. The minimum Gasteiger partial charge on any atom is -0.464 e. The molecule has 1 unspecified atom stereocenters. The quantitative estimate of drug-likeness (QED) is 0.796. The molecule has 2 aromatic rings. The molecule has 0 saturated carbocycles. The van der Waals surface area contributed by atoms with Gasteiger partial charge in [-0.1, -0.05) is 0 Å². The van der Waals surface area contributed by atoms with E-state index in [1.54, 1.807) is 5.51 Å². The van der Waals surface area contributed by atoms with E-state index in [2.05, 4.69) is 4.98 Å². The molecule has 3 nitrogen and oxygen atoms in total. The van der Waals surface area contributed by atoms with Crippen molar-refractivity contribution in [2.75, 3.05) is 0 Å². The summed E-state index contributed by atoms with van der Waals surface area (Å²) in [6.45, 7) is 1.90. The van der Waals surface area contributed by atoms with Crippen LogP contribution in [0.2, 0.25) is 0 Å². The predicted molar refractivity (Wildman–Crippen MR) is 51.6 cm³/mol. The summed E-state index contributed by atoms with van der Waals surface area (Å²) in [6, 6.07) is 3.56. The summed E-state index contributed by atoms with van der Waals surface area (Å²) in [5, 5.41) is 1.93. The maximum atomic E-state index is 5.92. The van der Waals surface area contributed by atoms with Gasteiger partial charge < -0.3 is 10.2 Å². The van der Waals surface area contributed by atoms with Crippen molar-refractivity contribution in [3.63, 3.8) is 0 Å². The summed E-state index contributed by atoms with van der Waals surface area (Å²) < 4.78 is 5.41. The van der Waals surface area contributed by atoms with Gasteiger partial charge in [-0.2, -0.15) is 0 Å². The van der Waals surface area contributed by atoms with E-state index >= 15 is 0 Å². The molecule has 0 aliphatic carbocycles. The summed E-state index contributed by atoms with van der Waals surface area (Å²) in [5.74, 6) is 1.64. The zero-order valence-corrected chi connectivity index (χ0v) is 8.04. The standard InChI is InChI=1S/C9H10N2OS/c1-6-2-3-8(12-6)9(10)7-4-13-5-11-7/h2-5,9H,10H2,1H3. The van der Waals surface area contributed by atoms with Crippen molar-refractivity contribution in [2.45, 2.75) is 13.0 Å². The van der Waals surface area contributed by atoms with Crippen molar-refractivity contribution in [3.05, 3.63) is 40.2 Å². The van der Waals surface area contributed by atoms with E-state index in [1.807, 2.05) is 24.4 Å². The Bertz CT molecular complexity index is 380. The summed E-state index contributed by atoms with van der Waals surface area (Å²) in [6.07, 6.45) is 0. The first-order valence-electron chi connectivity index (χ1n) is 3.97. The number of furan rings is 1. The topological polar surface area (TPSA) is 52.0 Å². The number of aryl methyl sites for hydroxylation is 1. The van der Waals surface area contributed by atoms with Crippen molar-refractivity contribution >= 4 is 11.3 Å². The van der Waals surface area contributed by atoms with Crippen LogP contribution >= 0.6 is 11.3 Å². The van der Waals surface area contributed by atoms with E-state index in [1.165, 1.54) is 11.3 Å². The van der Waals surface area contributed by atoms with Crippen LogP contribution in [0.3, 0.4) is 0 Å². The van der Waals surface area contributed by atoms with Crippen molar-refractivity contribution in [1.82, 2.24) is 4.98 Å². The largest absolute Gasteiger partial charge is 0.464 e. The lowest BCUT2D eigenvalue weighted by molar-refractivity contribution is 0.464. The number of hydrogen-bond donors (Lipinski definition) is 1. The van der Waals surface area contributed by atoms with Crippen LogP contribution in [0.5, 0.6) is 0 Å². The molecule has 0 amide bonds. The lowest BCUT2D eigenvalue weighted by Gasteiger charge is -2.03. The Kier molecular flexibility index (Phi) is 2.16. The Labute approximate surface area is 80.2 Å². The third-order valence-electron chi connectivity index (χ3n) is 1.84. The predicted octanol–water partition coefficient (Wildman–Crippen LogP) is 2.09. The average molecular weight is 194 g/mol. The van der Waals surface area contributed by atoms with Gasteiger partial charge in [0, 0.05) is 5.38 Å². The zero-order valence-electron chi connectivity index (χ0n) is 7.23. The molecular weight excluding hydrogens is 184 g/mol. The molecule has 2 aromatic heterocycles. The van der Waals surface area contributed by atoms with E-state index in [0.717, 1.165) is 17.2 Å². The van der Waals surface area contributed by atoms with Gasteiger partial charge in [-0.05, 0) is 19.1 Å². The van der Waals surface area contributed by atoms with Gasteiger partial charge in [0.2, 0.25) is 0 Å². The molecule has 13 heavy (non-hydrogen) atoms. The highest BCUT2D eigenvalue weighted by Gasteiger charge is 2.13. The zero-order chi connectivity index (χ0) is 9.26. The molecule has 0 fully saturated rings. The second kappa shape index (κ2) is 3.32. The monoisotopic (exact) mass is 194 g/mol. The van der Waals surface area contributed by atoms with Gasteiger partial charge in [0.05, 0.1) is 11.2 Å². The van der Waals surface area contributed by atoms with Gasteiger partial charge in [0.1, 0.15) is 17.6 Å². The lowest BCUT2D eigenvalue weighted by Crippen LogP contribution is -2.10. The third kappa shape index (κ3) is 1.64. The summed E-state index contributed by atoms with van der Waals surface area (Å²) >= 11 is 1.54. The number of nitrogens with two attached hydrogens (primary N) is 1. The first kappa shape index (κ1) is 8.47. The summed E-state index contributed by atoms with van der Waals surface area (Å²) in [7, 11) is 0. The van der Waals surface area contributed by atoms with E-state index in [0.29, 0.717) is 0 Å². The number of rotatable bonds is 2. The second-order valence-corrected chi connectivity index (χ2v) is 3.56. The number of aromatic nitrogens is 1. The molecule has 2 N–H and O–H groups in total. The number of hydrogen-bond acceptors (Lipinski definition) is 4. The fraction of sp³-hybridized carbons (Fsp3) is 0.222. The van der Waals surface area contributed by atoms with Crippen molar-refractivity contribution < 1.29 is 4.42 Å². The normalized spacial score (nSPS) is 13.1. The van der Waals surface area contributed by atoms with Crippen molar-refractivity contribution in [3.8, 4) is 0 Å². The van der Waals surface area contributed by atoms with Crippen LogP contribution in [-0.2, 0) is 0 Å². The number of nitrogens with zero attached hydrogens (tertiary/aromatic N) is 1. The molecule has 0 aliphatic heterocycles. The molecule has 0 radical (unpaired) electrons. The van der Waals surface area contributed by atoms with Crippen LogP contribution in [0.15, 0.2) is 27.4 Å². The van der Waals surface area contributed by atoms with Crippen LogP contribution in [0.4, 0.5) is 0 Å². The molecular formula is C9H10N2OS. The van der Waals surface area contributed by atoms with E-state index in [9.17, 15) is 0 Å². The Morgan fingerprint density at radius 2 is 2.38 bits per heavy atom. The lowest BCUT2D eigenvalue weighted by atomic mass is 10.2. The first-order valence-corrected chi connectivity index (χ1v) is 4.91. The molecule has 0 aliphatic rings. The van der Waals surface area contributed by atoms with Gasteiger partial charge in [-0.15, -0.1) is 11.3 Å². The first-order chi connectivity index (χ1) is 6.27. The maximum Gasteiger partial charge on any atom is 0.127 e. The fourth-order valence-corrected chi connectivity index (χ4v) is 1.73. The third-order valence-corrected chi connectivity index (χ3v) is 2.44. The SMILES string of the molecule is Cc1ccc(C(N)c2cscn2)o1. The van der Waals surface area contributed by atoms with Crippen molar-refractivity contribution in [2.24, 2.45) is 5.73 Å². The van der Waals surface area contributed by atoms with Gasteiger partial charge in [0.15, 0.2) is 0 Å². The Hall–Kier alpha value is -1.13. The summed E-state index contributed by atoms with van der Waals surface area (Å²) in [5.41, 5.74) is 8.55. The van der Waals surface area contributed by atoms with Gasteiger partial charge >= 0.3 is 0 Å². The molecule has 2 rings (SSSR count). The van der Waals surface area contributed by atoms with Crippen LogP contribution in [0, 0.1) is 6.92 Å². The second-order valence-electron chi connectivity index (χ2n) is 2.84. The van der Waals surface area contributed by atoms with Crippen LogP contribution in [0.1, 0.15) is 23.3 Å². The molecule has 1 atom stereocenters. The fourth-order valence-electron chi connectivity index (χ4n) is 1.14. The highest BCUT2D eigenvalue weighted by Crippen LogP contribution is 2.20. The van der Waals surface area contributed by atoms with Gasteiger partial charge in [-0.25, -0.2) is 4.98 Å². The Morgan fingerprint density at radius 3 is 2.92 bits per heavy atom. The van der Waals surface area contributed by atoms with Crippen LogP contribution in [-0.4, -0.2) is 4.98 Å². The van der Waals surface area contributed by atoms with Crippen molar-refractivity contribution in [1.29, 1.82) is 0 Å². The van der Waals surface area contributed by atoms with Gasteiger partial charge in [-0.3, -0.25) is 0 Å². The highest BCUT2D eigenvalue weighted by atomic mass is 32.1. The van der Waals surface area contributed by atoms with E-state index < -0.39 is 0 Å². The molecule has 0 bridgehead atoms. The van der Waals surface area contributed by atoms with Crippen LogP contribution in [0.25, 0.3) is 0 Å². The van der Waals surface area contributed by atoms with E-state index in [4.69, 9.17) is 10.2 Å². The van der Waals surface area contributed by atoms with E-state index in [-0.39, 0.29) is 6.04 Å². The maximum absolute atomic E-state index is 5.92. The Balaban J connectivity index is 2.28. The molecule has 0 spiro atoms. The Morgan fingerprint density at radius 1 is 1.54 bits per heavy atom. The minimum atomic E-state index is -0.236. The number of thiazole rings is 1. The summed E-state index contributed by atoms with van der Waals surface area (Å²) in [4.78, 5) is 4.14. The average Bonchev–Trinajstić information content (AvgIpc) is 2.72. The smallest absolute Gasteiger partial charge is 0.127 e. The van der Waals surface area contributed by atoms with Gasteiger partial charge in [0.25, 0.3) is 0 Å². The molecule has 0 aromatic carbocycles. The minimum absolute atomic E-state index is 0.236. The van der Waals surface area contributed by atoms with Crippen LogP contribution < -0.4 is 5.73 Å².